The van der Waals surface area contributed by atoms with Crippen LogP contribution in [0.1, 0.15) is 6.30 Å². The van der Waals surface area contributed by atoms with Crippen molar-refractivity contribution in [2.45, 2.75) is 6.30 Å². The Kier molecular flexibility index (Phi) is 2.68. The molecule has 0 aliphatic heterocycles. The van der Waals surface area contributed by atoms with Crippen LogP contribution in [-0.4, -0.2) is 20.6 Å². The highest BCUT2D eigenvalue weighted by Gasteiger charge is 2.21. The molecule has 1 N–H and O–H groups in total. The largest absolute Gasteiger partial charge is 0.478 e. The zero-order valence-electron chi connectivity index (χ0n) is 8.25. The average molecular weight is 220 g/mol. The molecule has 4 nitrogen and oxygen atoms in total. The van der Waals surface area contributed by atoms with Crippen molar-refractivity contribution >= 4 is 5.97 Å². The SMILES string of the molecule is O=C(O)C(F)n1ccnc1-c1ccccc1. The van der Waals surface area contributed by atoms with Crippen LogP contribution in [0.5, 0.6) is 0 Å². The van der Waals surface area contributed by atoms with Gasteiger partial charge in [0.25, 0.3) is 6.30 Å². The Morgan fingerprint density at radius 1 is 1.38 bits per heavy atom. The first-order valence-corrected chi connectivity index (χ1v) is 4.65. The zero-order chi connectivity index (χ0) is 11.5. The van der Waals surface area contributed by atoms with Crippen LogP contribution in [0, 0.1) is 0 Å². The lowest BCUT2D eigenvalue weighted by molar-refractivity contribution is -0.146. The number of rotatable bonds is 3. The van der Waals surface area contributed by atoms with Crippen molar-refractivity contribution in [2.24, 2.45) is 0 Å². The number of carbonyl (C=O) groups is 1. The highest BCUT2D eigenvalue weighted by Crippen LogP contribution is 2.21. The van der Waals surface area contributed by atoms with Crippen molar-refractivity contribution in [3.8, 4) is 11.4 Å². The summed E-state index contributed by atoms with van der Waals surface area (Å²) in [6, 6.07) is 8.87. The van der Waals surface area contributed by atoms with Gasteiger partial charge in [-0.15, -0.1) is 0 Å². The summed E-state index contributed by atoms with van der Waals surface area (Å²) in [7, 11) is 0. The minimum atomic E-state index is -2.11. The molecule has 0 saturated heterocycles. The standard InChI is InChI=1S/C11H9FN2O2/c12-9(11(15)16)14-7-6-13-10(14)8-4-2-1-3-5-8/h1-7,9H,(H,15,16). The van der Waals surface area contributed by atoms with Gasteiger partial charge in [0.05, 0.1) is 0 Å². The van der Waals surface area contributed by atoms with Crippen LogP contribution in [0.4, 0.5) is 4.39 Å². The predicted molar refractivity (Wildman–Crippen MR) is 55.4 cm³/mol. The molecule has 0 fully saturated rings. The second-order valence-electron chi connectivity index (χ2n) is 3.20. The summed E-state index contributed by atoms with van der Waals surface area (Å²) >= 11 is 0. The molecule has 1 aromatic carbocycles. The van der Waals surface area contributed by atoms with Gasteiger partial charge in [-0.25, -0.2) is 14.2 Å². The Morgan fingerprint density at radius 2 is 2.06 bits per heavy atom. The smallest absolute Gasteiger partial charge is 0.359 e. The van der Waals surface area contributed by atoms with Gasteiger partial charge in [0.15, 0.2) is 0 Å². The Bertz CT molecular complexity index is 496. The number of imidazole rings is 1. The van der Waals surface area contributed by atoms with Crippen LogP contribution in [0.25, 0.3) is 11.4 Å². The van der Waals surface area contributed by atoms with Crippen LogP contribution in [0.15, 0.2) is 42.7 Å². The molecule has 1 aromatic heterocycles. The molecule has 16 heavy (non-hydrogen) atoms. The molecular weight excluding hydrogens is 211 g/mol. The lowest BCUT2D eigenvalue weighted by Crippen LogP contribution is -2.14. The summed E-state index contributed by atoms with van der Waals surface area (Å²) in [6.45, 7) is 0. The lowest BCUT2D eigenvalue weighted by Gasteiger charge is -2.08. The molecule has 0 spiro atoms. The Morgan fingerprint density at radius 3 is 2.69 bits per heavy atom. The van der Waals surface area contributed by atoms with Gasteiger partial charge >= 0.3 is 5.97 Å². The van der Waals surface area contributed by atoms with E-state index in [1.165, 1.54) is 12.4 Å². The third kappa shape index (κ3) is 1.79. The maximum Gasteiger partial charge on any atom is 0.359 e. The molecule has 5 heteroatoms. The van der Waals surface area contributed by atoms with Crippen molar-refractivity contribution < 1.29 is 14.3 Å². The molecule has 0 aliphatic rings. The van der Waals surface area contributed by atoms with E-state index in [1.54, 1.807) is 24.3 Å². The lowest BCUT2D eigenvalue weighted by atomic mass is 10.2. The first-order valence-electron chi connectivity index (χ1n) is 4.65. The zero-order valence-corrected chi connectivity index (χ0v) is 8.25. The minimum absolute atomic E-state index is 0.301. The number of alkyl halides is 1. The fraction of sp³-hybridized carbons (Fsp3) is 0.0909. The van der Waals surface area contributed by atoms with E-state index in [0.29, 0.717) is 11.4 Å². The Balaban J connectivity index is 2.44. The second-order valence-corrected chi connectivity index (χ2v) is 3.20. The number of hydrogen-bond acceptors (Lipinski definition) is 2. The molecule has 1 atom stereocenters. The number of hydrogen-bond donors (Lipinski definition) is 1. The highest BCUT2D eigenvalue weighted by atomic mass is 19.1. The van der Waals surface area contributed by atoms with E-state index >= 15 is 0 Å². The summed E-state index contributed by atoms with van der Waals surface area (Å²) in [5, 5.41) is 8.60. The fourth-order valence-corrected chi connectivity index (χ4v) is 1.43. The van der Waals surface area contributed by atoms with Gasteiger partial charge in [-0.3, -0.25) is 4.57 Å². The molecule has 1 unspecified atom stereocenters. The van der Waals surface area contributed by atoms with Crippen molar-refractivity contribution in [3.63, 3.8) is 0 Å². The van der Waals surface area contributed by atoms with Gasteiger partial charge < -0.3 is 5.11 Å². The number of aliphatic carboxylic acids is 1. The molecule has 0 aliphatic carbocycles. The molecule has 2 rings (SSSR count). The Labute approximate surface area is 91.0 Å². The van der Waals surface area contributed by atoms with Crippen LogP contribution in [0.2, 0.25) is 0 Å². The van der Waals surface area contributed by atoms with Gasteiger partial charge in [0, 0.05) is 18.0 Å². The molecule has 0 bridgehead atoms. The van der Waals surface area contributed by atoms with Crippen molar-refractivity contribution in [1.82, 2.24) is 9.55 Å². The summed E-state index contributed by atoms with van der Waals surface area (Å²) in [4.78, 5) is 14.5. The van der Waals surface area contributed by atoms with Gasteiger partial charge in [-0.2, -0.15) is 0 Å². The normalized spacial score (nSPS) is 12.3. The number of carboxylic acids is 1. The summed E-state index contributed by atoms with van der Waals surface area (Å²) in [6.07, 6.45) is 0.566. The molecular formula is C11H9FN2O2. The number of carboxylic acid groups (broad SMARTS) is 1. The van der Waals surface area contributed by atoms with Crippen LogP contribution in [-0.2, 0) is 4.79 Å². The maximum atomic E-state index is 13.4. The van der Waals surface area contributed by atoms with E-state index in [9.17, 15) is 9.18 Å². The van der Waals surface area contributed by atoms with Gasteiger partial charge in [0.2, 0.25) is 0 Å². The second kappa shape index (κ2) is 4.14. The van der Waals surface area contributed by atoms with Crippen LogP contribution < -0.4 is 0 Å². The third-order valence-corrected chi connectivity index (χ3v) is 2.15. The summed E-state index contributed by atoms with van der Waals surface area (Å²) in [5.74, 6) is -1.23. The van der Waals surface area contributed by atoms with Crippen LogP contribution >= 0.6 is 0 Å². The van der Waals surface area contributed by atoms with E-state index < -0.39 is 12.3 Å². The third-order valence-electron chi connectivity index (χ3n) is 2.15. The van der Waals surface area contributed by atoms with Gasteiger partial charge in [0.1, 0.15) is 5.82 Å². The fourth-order valence-electron chi connectivity index (χ4n) is 1.43. The molecule has 0 saturated carbocycles. The number of halogens is 1. The maximum absolute atomic E-state index is 13.4. The number of benzene rings is 1. The Hall–Kier alpha value is -2.17. The van der Waals surface area contributed by atoms with Crippen molar-refractivity contribution in [2.75, 3.05) is 0 Å². The highest BCUT2D eigenvalue weighted by molar-refractivity contribution is 5.71. The van der Waals surface area contributed by atoms with E-state index in [1.807, 2.05) is 6.07 Å². The first kappa shape index (κ1) is 10.4. The summed E-state index contributed by atoms with van der Waals surface area (Å²) in [5.41, 5.74) is 0.677. The van der Waals surface area contributed by atoms with E-state index in [4.69, 9.17) is 5.11 Å². The van der Waals surface area contributed by atoms with Crippen molar-refractivity contribution in [3.05, 3.63) is 42.7 Å². The number of nitrogens with zero attached hydrogens (tertiary/aromatic N) is 2. The average Bonchev–Trinajstić information content (AvgIpc) is 2.77. The minimum Gasteiger partial charge on any atom is -0.478 e. The molecule has 2 aromatic rings. The predicted octanol–water partition coefficient (Wildman–Crippen LogP) is 2.10. The van der Waals surface area contributed by atoms with Crippen LogP contribution in [0.3, 0.4) is 0 Å². The quantitative estimate of drug-likeness (QED) is 0.861. The molecule has 1 heterocycles. The van der Waals surface area contributed by atoms with Gasteiger partial charge in [-0.05, 0) is 0 Å². The number of aromatic nitrogens is 2. The topological polar surface area (TPSA) is 55.1 Å². The first-order chi connectivity index (χ1) is 7.70. The van der Waals surface area contributed by atoms with Crippen molar-refractivity contribution in [1.29, 1.82) is 0 Å². The summed E-state index contributed by atoms with van der Waals surface area (Å²) < 4.78 is 14.3. The van der Waals surface area contributed by atoms with Gasteiger partial charge in [-0.1, -0.05) is 30.3 Å². The molecule has 0 radical (unpaired) electrons. The molecule has 82 valence electrons. The van der Waals surface area contributed by atoms with E-state index in [0.717, 1.165) is 4.57 Å². The van der Waals surface area contributed by atoms with E-state index in [-0.39, 0.29) is 0 Å². The van der Waals surface area contributed by atoms with E-state index in [2.05, 4.69) is 4.98 Å². The molecule has 0 amide bonds. The monoisotopic (exact) mass is 220 g/mol.